The van der Waals surface area contributed by atoms with E-state index in [4.69, 9.17) is 16.3 Å². The largest absolute Gasteiger partial charge is 0.494 e. The minimum absolute atomic E-state index is 0.00413. The molecule has 0 radical (unpaired) electrons. The van der Waals surface area contributed by atoms with E-state index in [2.05, 4.69) is 32.0 Å². The molecule has 10 nitrogen and oxygen atoms in total. The van der Waals surface area contributed by atoms with Gasteiger partial charge in [0.25, 0.3) is 5.91 Å². The topological polar surface area (TPSA) is 149 Å². The van der Waals surface area contributed by atoms with Crippen LogP contribution in [0.1, 0.15) is 42.7 Å². The fraction of sp³-hybridized carbons (Fsp3) is 0.500. The van der Waals surface area contributed by atoms with Crippen LogP contribution in [0.2, 0.25) is 5.02 Å². The second kappa shape index (κ2) is 9.67. The molecule has 3 unspecified atom stereocenters. The van der Waals surface area contributed by atoms with Crippen molar-refractivity contribution in [3.63, 3.8) is 0 Å². The highest BCUT2D eigenvalue weighted by Crippen LogP contribution is 2.34. The Morgan fingerprint density at radius 2 is 2.09 bits per heavy atom. The van der Waals surface area contributed by atoms with Crippen LogP contribution in [-0.4, -0.2) is 53.4 Å². The van der Waals surface area contributed by atoms with Crippen molar-refractivity contribution in [1.82, 2.24) is 25.9 Å². The Balaban J connectivity index is 1.47. The summed E-state index contributed by atoms with van der Waals surface area (Å²) in [6.07, 6.45) is 3.30. The molecule has 0 bridgehead atoms. The molecule has 1 saturated heterocycles. The van der Waals surface area contributed by atoms with Crippen molar-refractivity contribution in [2.24, 2.45) is 11.8 Å². The van der Waals surface area contributed by atoms with Gasteiger partial charge >= 0.3 is 0 Å². The van der Waals surface area contributed by atoms with Gasteiger partial charge in [-0.3, -0.25) is 14.4 Å². The number of rotatable bonds is 9. The molecule has 1 saturated carbocycles. The number of methoxy groups -OCH3 is 1. The summed E-state index contributed by atoms with van der Waals surface area (Å²) in [7, 11) is 1.49. The molecule has 4 rings (SSSR count). The lowest BCUT2D eigenvalue weighted by Gasteiger charge is -2.21. The quantitative estimate of drug-likeness (QED) is 0.436. The van der Waals surface area contributed by atoms with Gasteiger partial charge < -0.3 is 25.7 Å². The number of carbonyl (C=O) groups excluding carboxylic acids is 3. The molecular formula is C22H25ClN6O4. The normalized spacial score (nSPS) is 19.4. The maximum absolute atomic E-state index is 13.0. The van der Waals surface area contributed by atoms with Gasteiger partial charge in [0.05, 0.1) is 23.7 Å². The van der Waals surface area contributed by atoms with Gasteiger partial charge in [-0.1, -0.05) is 24.4 Å². The Labute approximate surface area is 195 Å². The molecule has 1 aliphatic carbocycles. The molecule has 1 aliphatic heterocycles. The van der Waals surface area contributed by atoms with Crippen LogP contribution < -0.4 is 20.7 Å². The first kappa shape index (κ1) is 22.9. The summed E-state index contributed by atoms with van der Waals surface area (Å²) in [5.74, 6) is -0.615. The van der Waals surface area contributed by atoms with Crippen LogP contribution in [0.5, 0.6) is 5.75 Å². The summed E-state index contributed by atoms with van der Waals surface area (Å²) < 4.78 is 5.28. The number of H-pyrrole nitrogens is 1. The molecule has 174 valence electrons. The number of amides is 3. The zero-order valence-electron chi connectivity index (χ0n) is 18.1. The summed E-state index contributed by atoms with van der Waals surface area (Å²) in [5.41, 5.74) is 0.876. The van der Waals surface area contributed by atoms with Gasteiger partial charge in [-0.15, -0.1) is 0 Å². The van der Waals surface area contributed by atoms with E-state index in [-0.39, 0.29) is 24.1 Å². The molecule has 2 aliphatic rings. The fourth-order valence-corrected chi connectivity index (χ4v) is 4.22. The predicted octanol–water partition coefficient (Wildman–Crippen LogP) is 1.66. The van der Waals surface area contributed by atoms with Gasteiger partial charge in [0.1, 0.15) is 23.3 Å². The first-order chi connectivity index (χ1) is 15.9. The number of nitriles is 1. The number of carbonyl (C=O) groups is 3. The van der Waals surface area contributed by atoms with Crippen LogP contribution in [0.25, 0.3) is 11.0 Å². The van der Waals surface area contributed by atoms with E-state index in [9.17, 15) is 19.6 Å². The molecule has 1 aromatic heterocycles. The number of aromatic nitrogens is 2. The number of hydrogen-bond donors (Lipinski definition) is 4. The fourth-order valence-electron chi connectivity index (χ4n) is 4.02. The molecule has 2 aromatic rings. The van der Waals surface area contributed by atoms with Crippen LogP contribution in [0.15, 0.2) is 12.1 Å². The van der Waals surface area contributed by atoms with Crippen LogP contribution in [0, 0.1) is 23.2 Å². The number of nitrogens with zero attached hydrogens (tertiary/aromatic N) is 2. The smallest absolute Gasteiger partial charge is 0.287 e. The summed E-state index contributed by atoms with van der Waals surface area (Å²) in [4.78, 5) is 44.9. The highest BCUT2D eigenvalue weighted by atomic mass is 35.5. The molecular weight excluding hydrogens is 448 g/mol. The zero-order chi connectivity index (χ0) is 23.5. The average molecular weight is 473 g/mol. The first-order valence-electron chi connectivity index (χ1n) is 10.9. The molecule has 33 heavy (non-hydrogen) atoms. The van der Waals surface area contributed by atoms with Gasteiger partial charge in [-0.05, 0) is 37.3 Å². The Hall–Kier alpha value is -3.32. The van der Waals surface area contributed by atoms with Gasteiger partial charge in [0.2, 0.25) is 11.8 Å². The molecule has 2 fully saturated rings. The molecule has 0 spiro atoms. The lowest BCUT2D eigenvalue weighted by molar-refractivity contribution is -0.125. The Kier molecular flexibility index (Phi) is 6.70. The van der Waals surface area contributed by atoms with Gasteiger partial charge in [0.15, 0.2) is 5.82 Å². The summed E-state index contributed by atoms with van der Waals surface area (Å²) in [6, 6.07) is 3.70. The third kappa shape index (κ3) is 5.20. The summed E-state index contributed by atoms with van der Waals surface area (Å²) in [6.45, 7) is 0.572. The van der Waals surface area contributed by atoms with E-state index in [1.54, 1.807) is 12.1 Å². The molecule has 2 heterocycles. The number of halogens is 1. The van der Waals surface area contributed by atoms with Crippen molar-refractivity contribution >= 4 is 40.4 Å². The SMILES string of the molecule is COc1ccc(Cl)c2[nH]c(C(=O)NC(CC3CC3)C(=O)NC(C#N)CC3CCNC3=O)nc12. The van der Waals surface area contributed by atoms with Crippen molar-refractivity contribution < 1.29 is 19.1 Å². The van der Waals surface area contributed by atoms with E-state index in [0.29, 0.717) is 47.1 Å². The van der Waals surface area contributed by atoms with Gasteiger partial charge in [-0.25, -0.2) is 4.98 Å². The van der Waals surface area contributed by atoms with Crippen molar-refractivity contribution in [2.45, 2.75) is 44.2 Å². The monoisotopic (exact) mass is 472 g/mol. The van der Waals surface area contributed by atoms with E-state index < -0.39 is 23.9 Å². The highest BCUT2D eigenvalue weighted by Gasteiger charge is 2.33. The molecule has 3 amide bonds. The molecule has 4 N–H and O–H groups in total. The van der Waals surface area contributed by atoms with Crippen molar-refractivity contribution in [1.29, 1.82) is 5.26 Å². The minimum atomic E-state index is -0.830. The third-order valence-corrected chi connectivity index (χ3v) is 6.35. The van der Waals surface area contributed by atoms with E-state index in [1.807, 2.05) is 0 Å². The maximum atomic E-state index is 13.0. The number of ether oxygens (including phenoxy) is 1. The van der Waals surface area contributed by atoms with E-state index in [0.717, 1.165) is 12.8 Å². The second-order valence-electron chi connectivity index (χ2n) is 8.47. The molecule has 11 heteroatoms. The Morgan fingerprint density at radius 1 is 1.30 bits per heavy atom. The average Bonchev–Trinajstić information content (AvgIpc) is 3.34. The van der Waals surface area contributed by atoms with Gasteiger partial charge in [-0.2, -0.15) is 5.26 Å². The zero-order valence-corrected chi connectivity index (χ0v) is 18.9. The molecule has 3 atom stereocenters. The second-order valence-corrected chi connectivity index (χ2v) is 8.87. The number of benzene rings is 1. The lowest BCUT2D eigenvalue weighted by atomic mass is 9.98. The Morgan fingerprint density at radius 3 is 2.73 bits per heavy atom. The summed E-state index contributed by atoms with van der Waals surface area (Å²) in [5, 5.41) is 18.0. The number of imidazole rings is 1. The highest BCUT2D eigenvalue weighted by molar-refractivity contribution is 6.35. The Bertz CT molecular complexity index is 1120. The van der Waals surface area contributed by atoms with Crippen molar-refractivity contribution in [3.8, 4) is 11.8 Å². The van der Waals surface area contributed by atoms with Crippen molar-refractivity contribution in [2.75, 3.05) is 13.7 Å². The van der Waals surface area contributed by atoms with Crippen LogP contribution in [-0.2, 0) is 9.59 Å². The van der Waals surface area contributed by atoms with Crippen molar-refractivity contribution in [3.05, 3.63) is 23.0 Å². The number of nitrogens with one attached hydrogen (secondary N) is 4. The first-order valence-corrected chi connectivity index (χ1v) is 11.3. The summed E-state index contributed by atoms with van der Waals surface area (Å²) >= 11 is 6.21. The standard InChI is InChI=1S/C22H25ClN6O4/c1-33-16-5-4-14(23)17-18(16)29-19(28-17)22(32)27-15(8-11-2-3-11)21(31)26-13(10-24)9-12-6-7-25-20(12)30/h4-5,11-13,15H,2-3,6-9H2,1H3,(H,25,30)(H,26,31)(H,27,32)(H,28,29). The number of hydrogen-bond acceptors (Lipinski definition) is 6. The molecule has 1 aromatic carbocycles. The van der Waals surface area contributed by atoms with Crippen LogP contribution in [0.4, 0.5) is 0 Å². The minimum Gasteiger partial charge on any atom is -0.494 e. The van der Waals surface area contributed by atoms with E-state index >= 15 is 0 Å². The number of aromatic amines is 1. The van der Waals surface area contributed by atoms with Crippen LogP contribution >= 0.6 is 11.6 Å². The van der Waals surface area contributed by atoms with Crippen LogP contribution in [0.3, 0.4) is 0 Å². The maximum Gasteiger partial charge on any atom is 0.287 e. The van der Waals surface area contributed by atoms with E-state index in [1.165, 1.54) is 7.11 Å². The third-order valence-electron chi connectivity index (χ3n) is 6.04. The predicted molar refractivity (Wildman–Crippen MR) is 120 cm³/mol. The lowest BCUT2D eigenvalue weighted by Crippen LogP contribution is -2.50. The number of fused-ring (bicyclic) bond motifs is 1. The van der Waals surface area contributed by atoms with Gasteiger partial charge in [0, 0.05) is 12.5 Å².